The SMILES string of the molecule is CC(C)(C)NCc1nc(CN2Cc3ccccc3C2)cs1. The first kappa shape index (κ1) is 14.7. The largest absolute Gasteiger partial charge is 0.306 e. The van der Waals surface area contributed by atoms with Gasteiger partial charge >= 0.3 is 0 Å². The molecule has 0 bridgehead atoms. The number of fused-ring (bicyclic) bond motifs is 1. The first-order valence-electron chi connectivity index (χ1n) is 7.47. The van der Waals surface area contributed by atoms with Crippen LogP contribution in [0.3, 0.4) is 0 Å². The van der Waals surface area contributed by atoms with Crippen LogP contribution in [0.2, 0.25) is 0 Å². The van der Waals surface area contributed by atoms with Gasteiger partial charge in [-0.15, -0.1) is 11.3 Å². The fourth-order valence-corrected chi connectivity index (χ4v) is 3.31. The van der Waals surface area contributed by atoms with Crippen LogP contribution in [-0.2, 0) is 26.2 Å². The molecule has 3 rings (SSSR count). The second-order valence-electron chi connectivity index (χ2n) is 6.75. The second kappa shape index (κ2) is 5.87. The molecule has 2 heterocycles. The van der Waals surface area contributed by atoms with Crippen LogP contribution in [0.4, 0.5) is 0 Å². The molecule has 1 aliphatic rings. The maximum Gasteiger partial charge on any atom is 0.107 e. The van der Waals surface area contributed by atoms with Crippen LogP contribution < -0.4 is 5.32 Å². The molecule has 4 heteroatoms. The Labute approximate surface area is 131 Å². The van der Waals surface area contributed by atoms with E-state index in [1.54, 1.807) is 11.3 Å². The minimum atomic E-state index is 0.141. The third kappa shape index (κ3) is 3.90. The lowest BCUT2D eigenvalue weighted by molar-refractivity contribution is 0.272. The molecule has 0 saturated carbocycles. The third-order valence-corrected chi connectivity index (χ3v) is 4.56. The van der Waals surface area contributed by atoms with Crippen molar-refractivity contribution in [3.63, 3.8) is 0 Å². The van der Waals surface area contributed by atoms with E-state index in [1.807, 2.05) is 0 Å². The summed E-state index contributed by atoms with van der Waals surface area (Å²) in [5, 5.41) is 6.87. The Morgan fingerprint density at radius 2 is 1.86 bits per heavy atom. The van der Waals surface area contributed by atoms with Gasteiger partial charge in [0, 0.05) is 37.1 Å². The number of aromatic nitrogens is 1. The molecule has 112 valence electrons. The van der Waals surface area contributed by atoms with Gasteiger partial charge in [0.15, 0.2) is 0 Å². The van der Waals surface area contributed by atoms with E-state index in [-0.39, 0.29) is 5.54 Å². The number of hydrogen-bond donors (Lipinski definition) is 1. The summed E-state index contributed by atoms with van der Waals surface area (Å²) >= 11 is 1.76. The number of nitrogens with zero attached hydrogens (tertiary/aromatic N) is 2. The molecule has 0 atom stereocenters. The number of hydrogen-bond acceptors (Lipinski definition) is 4. The zero-order chi connectivity index (χ0) is 14.9. The minimum absolute atomic E-state index is 0.141. The van der Waals surface area contributed by atoms with Gasteiger partial charge in [0.1, 0.15) is 5.01 Å². The Morgan fingerprint density at radius 1 is 1.19 bits per heavy atom. The van der Waals surface area contributed by atoms with Crippen LogP contribution in [0.1, 0.15) is 42.6 Å². The highest BCUT2D eigenvalue weighted by Gasteiger charge is 2.19. The van der Waals surface area contributed by atoms with Gasteiger partial charge in [-0.1, -0.05) is 24.3 Å². The number of rotatable bonds is 4. The van der Waals surface area contributed by atoms with E-state index in [2.05, 4.69) is 60.6 Å². The molecule has 0 radical (unpaired) electrons. The Morgan fingerprint density at radius 3 is 2.48 bits per heavy atom. The number of benzene rings is 1. The summed E-state index contributed by atoms with van der Waals surface area (Å²) in [5.41, 5.74) is 4.26. The topological polar surface area (TPSA) is 28.2 Å². The Bertz CT molecular complexity index is 587. The zero-order valence-corrected chi connectivity index (χ0v) is 13.8. The maximum atomic E-state index is 4.75. The van der Waals surface area contributed by atoms with E-state index in [0.29, 0.717) is 0 Å². The third-order valence-electron chi connectivity index (χ3n) is 3.66. The summed E-state index contributed by atoms with van der Waals surface area (Å²) in [7, 11) is 0. The smallest absolute Gasteiger partial charge is 0.107 e. The van der Waals surface area contributed by atoms with E-state index in [1.165, 1.54) is 21.8 Å². The number of thiazole rings is 1. The van der Waals surface area contributed by atoms with Gasteiger partial charge < -0.3 is 5.32 Å². The van der Waals surface area contributed by atoms with Crippen LogP contribution in [0.25, 0.3) is 0 Å². The highest BCUT2D eigenvalue weighted by Crippen LogP contribution is 2.24. The van der Waals surface area contributed by atoms with E-state index in [9.17, 15) is 0 Å². The van der Waals surface area contributed by atoms with E-state index >= 15 is 0 Å². The molecule has 0 aliphatic carbocycles. The summed E-state index contributed by atoms with van der Waals surface area (Å²) in [6.07, 6.45) is 0. The van der Waals surface area contributed by atoms with Crippen molar-refractivity contribution < 1.29 is 0 Å². The first-order valence-corrected chi connectivity index (χ1v) is 8.35. The summed E-state index contributed by atoms with van der Waals surface area (Å²) in [6.45, 7) is 10.4. The molecular weight excluding hydrogens is 278 g/mol. The second-order valence-corrected chi connectivity index (χ2v) is 7.69. The Hall–Kier alpha value is -1.23. The van der Waals surface area contributed by atoms with Crippen molar-refractivity contribution in [3.8, 4) is 0 Å². The van der Waals surface area contributed by atoms with Crippen LogP contribution in [-0.4, -0.2) is 15.4 Å². The molecule has 2 aromatic rings. The summed E-state index contributed by atoms with van der Waals surface area (Å²) in [5.74, 6) is 0. The predicted octanol–water partition coefficient (Wildman–Crippen LogP) is 3.55. The predicted molar refractivity (Wildman–Crippen MR) is 88.1 cm³/mol. The summed E-state index contributed by atoms with van der Waals surface area (Å²) in [6, 6.07) is 8.72. The van der Waals surface area contributed by atoms with Crippen molar-refractivity contribution in [2.45, 2.75) is 52.5 Å². The molecule has 0 unspecified atom stereocenters. The molecule has 0 saturated heterocycles. The fraction of sp³-hybridized carbons (Fsp3) is 0.471. The van der Waals surface area contributed by atoms with Gasteiger partial charge in [0.25, 0.3) is 0 Å². The Balaban J connectivity index is 1.56. The van der Waals surface area contributed by atoms with Crippen molar-refractivity contribution in [1.82, 2.24) is 15.2 Å². The van der Waals surface area contributed by atoms with Crippen molar-refractivity contribution in [2.75, 3.05) is 0 Å². The van der Waals surface area contributed by atoms with Gasteiger partial charge in [-0.3, -0.25) is 4.90 Å². The zero-order valence-electron chi connectivity index (χ0n) is 13.0. The van der Waals surface area contributed by atoms with Crippen molar-refractivity contribution in [2.24, 2.45) is 0 Å². The maximum absolute atomic E-state index is 4.75. The molecule has 1 aromatic heterocycles. The molecule has 1 N–H and O–H groups in total. The minimum Gasteiger partial charge on any atom is -0.306 e. The van der Waals surface area contributed by atoms with Crippen LogP contribution >= 0.6 is 11.3 Å². The van der Waals surface area contributed by atoms with Gasteiger partial charge in [-0.05, 0) is 31.9 Å². The lowest BCUT2D eigenvalue weighted by atomic mass is 10.1. The quantitative estimate of drug-likeness (QED) is 0.936. The van der Waals surface area contributed by atoms with Crippen molar-refractivity contribution in [1.29, 1.82) is 0 Å². The average molecular weight is 301 g/mol. The van der Waals surface area contributed by atoms with Crippen LogP contribution in [0, 0.1) is 0 Å². The lowest BCUT2D eigenvalue weighted by Gasteiger charge is -2.19. The monoisotopic (exact) mass is 301 g/mol. The van der Waals surface area contributed by atoms with Gasteiger partial charge in [-0.25, -0.2) is 4.98 Å². The Kier molecular flexibility index (Phi) is 4.11. The van der Waals surface area contributed by atoms with E-state index in [4.69, 9.17) is 4.98 Å². The van der Waals surface area contributed by atoms with Gasteiger partial charge in [-0.2, -0.15) is 0 Å². The van der Waals surface area contributed by atoms with Crippen LogP contribution in [0.5, 0.6) is 0 Å². The summed E-state index contributed by atoms with van der Waals surface area (Å²) in [4.78, 5) is 7.21. The molecule has 1 aliphatic heterocycles. The fourth-order valence-electron chi connectivity index (χ4n) is 2.59. The first-order chi connectivity index (χ1) is 9.99. The number of nitrogens with one attached hydrogen (secondary N) is 1. The lowest BCUT2D eigenvalue weighted by Crippen LogP contribution is -2.35. The summed E-state index contributed by atoms with van der Waals surface area (Å²) < 4.78 is 0. The highest BCUT2D eigenvalue weighted by molar-refractivity contribution is 7.09. The van der Waals surface area contributed by atoms with Crippen LogP contribution in [0.15, 0.2) is 29.6 Å². The molecule has 21 heavy (non-hydrogen) atoms. The molecule has 1 aromatic carbocycles. The molecular formula is C17H23N3S. The van der Waals surface area contributed by atoms with E-state index in [0.717, 1.165) is 26.2 Å². The van der Waals surface area contributed by atoms with Crippen molar-refractivity contribution >= 4 is 11.3 Å². The van der Waals surface area contributed by atoms with Gasteiger partial charge in [0.2, 0.25) is 0 Å². The normalized spacial score (nSPS) is 15.4. The average Bonchev–Trinajstić information content (AvgIpc) is 3.01. The standard InChI is InChI=1S/C17H23N3S/c1-17(2,3)18-8-16-19-15(12-21-16)11-20-9-13-6-4-5-7-14(13)10-20/h4-7,12,18H,8-11H2,1-3H3. The molecule has 0 amide bonds. The molecule has 0 spiro atoms. The molecule has 3 nitrogen and oxygen atoms in total. The van der Waals surface area contributed by atoms with Crippen molar-refractivity contribution in [3.05, 3.63) is 51.5 Å². The highest BCUT2D eigenvalue weighted by atomic mass is 32.1. The van der Waals surface area contributed by atoms with E-state index < -0.39 is 0 Å². The van der Waals surface area contributed by atoms with Gasteiger partial charge in [0.05, 0.1) is 5.69 Å². The molecule has 0 fully saturated rings.